The number of carbonyl (C=O) groups excluding carboxylic acids is 1. The highest BCUT2D eigenvalue weighted by molar-refractivity contribution is 5.87. The van der Waals surface area contributed by atoms with Gasteiger partial charge in [0.15, 0.2) is 0 Å². The lowest BCUT2D eigenvalue weighted by Crippen LogP contribution is -2.60. The summed E-state index contributed by atoms with van der Waals surface area (Å²) in [4.78, 5) is 25.9. The van der Waals surface area contributed by atoms with Gasteiger partial charge in [-0.1, -0.05) is 61.2 Å². The third-order valence-electron chi connectivity index (χ3n) is 8.67. The number of imidazole rings is 1. The van der Waals surface area contributed by atoms with E-state index in [2.05, 4.69) is 69.6 Å². The van der Waals surface area contributed by atoms with E-state index < -0.39 is 0 Å². The van der Waals surface area contributed by atoms with Gasteiger partial charge in [-0.25, -0.2) is 4.98 Å². The number of hydrogen-bond donors (Lipinski definition) is 0. The van der Waals surface area contributed by atoms with Gasteiger partial charge in [-0.15, -0.1) is 0 Å². The third-order valence-corrected chi connectivity index (χ3v) is 8.67. The minimum atomic E-state index is 0.0604. The molecule has 40 heavy (non-hydrogen) atoms. The Kier molecular flexibility index (Phi) is 6.24. The summed E-state index contributed by atoms with van der Waals surface area (Å²) in [5, 5.41) is 0. The van der Waals surface area contributed by atoms with E-state index in [4.69, 9.17) is 9.72 Å². The Bertz CT molecular complexity index is 1540. The highest BCUT2D eigenvalue weighted by atomic mass is 16.5. The maximum absolute atomic E-state index is 11.9. The van der Waals surface area contributed by atoms with Crippen molar-refractivity contribution in [3.63, 3.8) is 0 Å². The maximum Gasteiger partial charge on any atom is 0.245 e. The second-order valence-corrected chi connectivity index (χ2v) is 11.2. The van der Waals surface area contributed by atoms with Crippen LogP contribution in [0.4, 0.5) is 0 Å². The van der Waals surface area contributed by atoms with Gasteiger partial charge in [0.1, 0.15) is 18.2 Å². The minimum Gasteiger partial charge on any atom is -0.489 e. The molecule has 5 heterocycles. The summed E-state index contributed by atoms with van der Waals surface area (Å²) in [5.74, 6) is 1.75. The Morgan fingerprint density at radius 3 is 2.50 bits per heavy atom. The second kappa shape index (κ2) is 10.1. The molecule has 0 aliphatic carbocycles. The number of benzene rings is 2. The fourth-order valence-corrected chi connectivity index (χ4v) is 6.58. The summed E-state index contributed by atoms with van der Waals surface area (Å²) in [5.41, 5.74) is 7.00. The average molecular weight is 532 g/mol. The van der Waals surface area contributed by atoms with Crippen molar-refractivity contribution in [2.45, 2.75) is 25.9 Å². The molecule has 3 aliphatic rings. The van der Waals surface area contributed by atoms with Crippen molar-refractivity contribution in [1.29, 1.82) is 0 Å². The number of carbonyl (C=O) groups is 1. The number of nitrogens with zero attached hydrogens (tertiary/aromatic N) is 5. The number of aromatic nitrogens is 3. The highest BCUT2D eigenvalue weighted by Gasteiger charge is 2.44. The quantitative estimate of drug-likeness (QED) is 0.328. The molecule has 2 aromatic heterocycles. The van der Waals surface area contributed by atoms with Gasteiger partial charge in [-0.2, -0.15) is 0 Å². The molecular formula is C33H33N5O2. The lowest BCUT2D eigenvalue weighted by Gasteiger charge is -2.54. The van der Waals surface area contributed by atoms with Gasteiger partial charge in [-0.05, 0) is 36.0 Å². The number of fused-ring (bicyclic) bond motifs is 3. The molecule has 0 N–H and O–H groups in total. The van der Waals surface area contributed by atoms with E-state index in [-0.39, 0.29) is 5.91 Å². The molecule has 0 radical (unpaired) electrons. The fourth-order valence-electron chi connectivity index (χ4n) is 6.58. The smallest absolute Gasteiger partial charge is 0.245 e. The van der Waals surface area contributed by atoms with Crippen LogP contribution in [0.5, 0.6) is 5.75 Å². The van der Waals surface area contributed by atoms with Crippen molar-refractivity contribution < 1.29 is 9.53 Å². The highest BCUT2D eigenvalue weighted by Crippen LogP contribution is 2.42. The monoisotopic (exact) mass is 531 g/mol. The number of amides is 1. The van der Waals surface area contributed by atoms with Crippen LogP contribution in [0.1, 0.15) is 18.4 Å². The first-order chi connectivity index (χ1) is 19.6. The fraction of sp³-hybridized carbons (Fsp3) is 0.303. The summed E-state index contributed by atoms with van der Waals surface area (Å²) < 4.78 is 8.30. The molecule has 0 saturated carbocycles. The molecule has 1 spiro atoms. The van der Waals surface area contributed by atoms with Crippen LogP contribution < -0.4 is 4.74 Å². The summed E-state index contributed by atoms with van der Waals surface area (Å²) in [6, 6.07) is 21.4. The Morgan fingerprint density at radius 1 is 0.975 bits per heavy atom. The first-order valence-electron chi connectivity index (χ1n) is 14.1. The Morgan fingerprint density at radius 2 is 1.75 bits per heavy atom. The molecule has 3 aliphatic heterocycles. The van der Waals surface area contributed by atoms with Crippen molar-refractivity contribution in [2.75, 3.05) is 32.8 Å². The van der Waals surface area contributed by atoms with E-state index >= 15 is 0 Å². The van der Waals surface area contributed by atoms with Gasteiger partial charge in [0.05, 0.1) is 29.7 Å². The predicted molar refractivity (Wildman–Crippen MR) is 156 cm³/mol. The molecule has 2 fully saturated rings. The van der Waals surface area contributed by atoms with E-state index in [1.807, 2.05) is 17.0 Å². The van der Waals surface area contributed by atoms with E-state index in [1.165, 1.54) is 11.6 Å². The van der Waals surface area contributed by atoms with Crippen molar-refractivity contribution >= 4 is 5.91 Å². The van der Waals surface area contributed by atoms with Crippen LogP contribution in [-0.2, 0) is 17.9 Å². The second-order valence-electron chi connectivity index (χ2n) is 11.2. The number of hydrogen-bond acceptors (Lipinski definition) is 5. The SMILES string of the molecule is C=CC(=O)N1CCC2(CC1)CN(Cc1ccc(-c3nc4n(c3-c3ccccc3)CCOc3cnccc3-4)cc1)C2. The van der Waals surface area contributed by atoms with Crippen molar-refractivity contribution in [3.8, 4) is 39.7 Å². The average Bonchev–Trinajstić information content (AvgIpc) is 3.27. The molecule has 7 heteroatoms. The molecule has 202 valence electrons. The van der Waals surface area contributed by atoms with E-state index in [9.17, 15) is 4.79 Å². The van der Waals surface area contributed by atoms with E-state index in [0.717, 1.165) is 91.8 Å². The van der Waals surface area contributed by atoms with Gasteiger partial charge in [0.25, 0.3) is 0 Å². The van der Waals surface area contributed by atoms with Gasteiger partial charge in [0.2, 0.25) is 5.91 Å². The van der Waals surface area contributed by atoms with Crippen LogP contribution in [0.3, 0.4) is 0 Å². The van der Waals surface area contributed by atoms with Gasteiger partial charge in [0, 0.05) is 50.0 Å². The van der Waals surface area contributed by atoms with Gasteiger partial charge >= 0.3 is 0 Å². The molecule has 4 aromatic rings. The van der Waals surface area contributed by atoms with Crippen molar-refractivity contribution in [3.05, 3.63) is 91.3 Å². The van der Waals surface area contributed by atoms with Gasteiger partial charge < -0.3 is 14.2 Å². The van der Waals surface area contributed by atoms with Crippen LogP contribution in [0.25, 0.3) is 33.9 Å². The Labute approximate surface area is 234 Å². The molecular weight excluding hydrogens is 498 g/mol. The predicted octanol–water partition coefficient (Wildman–Crippen LogP) is 5.28. The molecule has 2 saturated heterocycles. The molecule has 7 nitrogen and oxygen atoms in total. The minimum absolute atomic E-state index is 0.0604. The van der Waals surface area contributed by atoms with E-state index in [1.54, 1.807) is 12.4 Å². The number of likely N-dealkylation sites (tertiary alicyclic amines) is 2. The van der Waals surface area contributed by atoms with Crippen LogP contribution in [-0.4, -0.2) is 63.0 Å². The zero-order chi connectivity index (χ0) is 27.1. The Balaban J connectivity index is 1.12. The van der Waals surface area contributed by atoms with Crippen molar-refractivity contribution in [2.24, 2.45) is 5.41 Å². The lowest BCUT2D eigenvalue weighted by atomic mass is 9.72. The lowest BCUT2D eigenvalue weighted by molar-refractivity contribution is -0.131. The molecule has 7 rings (SSSR count). The summed E-state index contributed by atoms with van der Waals surface area (Å²) >= 11 is 0. The summed E-state index contributed by atoms with van der Waals surface area (Å²) in [6.45, 7) is 9.76. The number of rotatable bonds is 5. The van der Waals surface area contributed by atoms with Crippen LogP contribution >= 0.6 is 0 Å². The Hall–Kier alpha value is -4.23. The first kappa shape index (κ1) is 24.8. The third kappa shape index (κ3) is 4.40. The van der Waals surface area contributed by atoms with Crippen LogP contribution in [0.15, 0.2) is 85.7 Å². The van der Waals surface area contributed by atoms with Crippen LogP contribution in [0.2, 0.25) is 0 Å². The van der Waals surface area contributed by atoms with Crippen LogP contribution in [0, 0.1) is 5.41 Å². The molecule has 2 aromatic carbocycles. The molecule has 0 atom stereocenters. The maximum atomic E-state index is 11.9. The normalized spacial score (nSPS) is 17.8. The largest absolute Gasteiger partial charge is 0.489 e. The van der Waals surface area contributed by atoms with Gasteiger partial charge in [-0.3, -0.25) is 14.7 Å². The summed E-state index contributed by atoms with van der Waals surface area (Å²) in [6.07, 6.45) is 7.18. The molecule has 0 bridgehead atoms. The standard InChI is InChI=1S/C33H33N5O2/c1-2-29(39)37-16-13-33(14-17-37)22-36(23-33)21-24-8-10-25(11-9-24)30-31(26-6-4-3-5-7-26)38-18-19-40-28-20-34-15-12-27(28)32(38)35-30/h2-12,15,20H,1,13-14,16-19,21-23H2. The first-order valence-corrected chi connectivity index (χ1v) is 14.1. The zero-order valence-electron chi connectivity index (χ0n) is 22.6. The van der Waals surface area contributed by atoms with E-state index in [0.29, 0.717) is 12.0 Å². The topological polar surface area (TPSA) is 63.5 Å². The molecule has 1 amide bonds. The molecule has 0 unspecified atom stereocenters. The zero-order valence-corrected chi connectivity index (χ0v) is 22.6. The van der Waals surface area contributed by atoms with Crippen molar-refractivity contribution in [1.82, 2.24) is 24.3 Å². The number of pyridine rings is 1. The summed E-state index contributed by atoms with van der Waals surface area (Å²) in [7, 11) is 0. The number of ether oxygens (including phenoxy) is 1. The number of piperidine rings is 1.